The van der Waals surface area contributed by atoms with E-state index in [1.165, 1.54) is 23.7 Å². The molecule has 4 rings (SSSR count). The van der Waals surface area contributed by atoms with E-state index >= 15 is 0 Å². The van der Waals surface area contributed by atoms with Gasteiger partial charge >= 0.3 is 0 Å². The minimum Gasteiger partial charge on any atom is -0.384 e. The highest BCUT2D eigenvalue weighted by atomic mass is 35.5. The molecule has 0 aliphatic rings. The number of halogens is 2. The molecule has 0 fully saturated rings. The van der Waals surface area contributed by atoms with Gasteiger partial charge in [0.2, 0.25) is 0 Å². The van der Waals surface area contributed by atoms with Crippen molar-refractivity contribution in [3.63, 3.8) is 0 Å². The van der Waals surface area contributed by atoms with Crippen molar-refractivity contribution >= 4 is 50.6 Å². The van der Waals surface area contributed by atoms with E-state index in [9.17, 15) is 4.39 Å². The van der Waals surface area contributed by atoms with Gasteiger partial charge in [-0.05, 0) is 18.2 Å². The number of aromatic nitrogens is 4. The summed E-state index contributed by atoms with van der Waals surface area (Å²) < 4.78 is 15.2. The summed E-state index contributed by atoms with van der Waals surface area (Å²) >= 11 is 7.40. The van der Waals surface area contributed by atoms with Gasteiger partial charge in [-0.2, -0.15) is 5.26 Å². The SMILES string of the molecule is N#Cc1cc(F)c(-c2nc3ccnc(Nc4cc(N)ncn4)c3s2)c(Cl)c1. The van der Waals surface area contributed by atoms with Crippen LogP contribution in [0.5, 0.6) is 0 Å². The Hall–Kier alpha value is -3.35. The fraction of sp³-hybridized carbons (Fsp3) is 0. The number of nitrogen functional groups attached to an aromatic ring is 1. The molecule has 3 N–H and O–H groups in total. The van der Waals surface area contributed by atoms with Gasteiger partial charge < -0.3 is 11.1 Å². The lowest BCUT2D eigenvalue weighted by molar-refractivity contribution is 0.631. The molecule has 0 atom stereocenters. The van der Waals surface area contributed by atoms with Crippen LogP contribution in [-0.4, -0.2) is 19.9 Å². The zero-order valence-corrected chi connectivity index (χ0v) is 15.0. The topological polar surface area (TPSA) is 113 Å². The summed E-state index contributed by atoms with van der Waals surface area (Å²) in [5, 5.41) is 12.5. The highest BCUT2D eigenvalue weighted by molar-refractivity contribution is 7.22. The number of nitrogens with one attached hydrogen (secondary N) is 1. The molecular formula is C17H9ClFN7S. The molecule has 0 aliphatic carbocycles. The molecule has 132 valence electrons. The molecule has 0 bridgehead atoms. The third-order valence-corrected chi connectivity index (χ3v) is 5.02. The average Bonchev–Trinajstić information content (AvgIpc) is 3.05. The lowest BCUT2D eigenvalue weighted by Gasteiger charge is -2.05. The number of pyridine rings is 1. The fourth-order valence-electron chi connectivity index (χ4n) is 2.46. The van der Waals surface area contributed by atoms with Gasteiger partial charge in [0.1, 0.15) is 28.8 Å². The van der Waals surface area contributed by atoms with Crippen LogP contribution in [0, 0.1) is 17.1 Å². The van der Waals surface area contributed by atoms with Crippen LogP contribution < -0.4 is 11.1 Å². The number of nitrogens with two attached hydrogens (primary N) is 1. The fourth-order valence-corrected chi connectivity index (χ4v) is 3.87. The molecule has 3 aromatic heterocycles. The number of hydrogen-bond donors (Lipinski definition) is 2. The van der Waals surface area contributed by atoms with E-state index < -0.39 is 5.82 Å². The predicted molar refractivity (Wildman–Crippen MR) is 102 cm³/mol. The first kappa shape index (κ1) is 17.1. The van der Waals surface area contributed by atoms with E-state index in [-0.39, 0.29) is 16.1 Å². The van der Waals surface area contributed by atoms with Gasteiger partial charge in [0.05, 0.1) is 32.4 Å². The van der Waals surface area contributed by atoms with E-state index in [0.29, 0.717) is 32.7 Å². The largest absolute Gasteiger partial charge is 0.384 e. The Kier molecular flexibility index (Phi) is 4.27. The van der Waals surface area contributed by atoms with Crippen LogP contribution in [0.4, 0.5) is 21.8 Å². The summed E-state index contributed by atoms with van der Waals surface area (Å²) in [6.45, 7) is 0. The molecule has 27 heavy (non-hydrogen) atoms. The molecule has 7 nitrogen and oxygen atoms in total. The quantitative estimate of drug-likeness (QED) is 0.534. The van der Waals surface area contributed by atoms with Crippen molar-refractivity contribution in [1.29, 1.82) is 5.26 Å². The minimum absolute atomic E-state index is 0.122. The van der Waals surface area contributed by atoms with E-state index in [1.54, 1.807) is 18.3 Å². The third-order valence-electron chi connectivity index (χ3n) is 3.62. The summed E-state index contributed by atoms with van der Waals surface area (Å²) in [5.41, 5.74) is 6.57. The Morgan fingerprint density at radius 1 is 1.22 bits per heavy atom. The number of hydrogen-bond acceptors (Lipinski definition) is 8. The normalized spacial score (nSPS) is 10.7. The Balaban J connectivity index is 1.81. The Morgan fingerprint density at radius 2 is 2.07 bits per heavy atom. The summed E-state index contributed by atoms with van der Waals surface area (Å²) in [5.74, 6) is 0.680. The monoisotopic (exact) mass is 397 g/mol. The third kappa shape index (κ3) is 3.23. The van der Waals surface area contributed by atoms with Crippen molar-refractivity contribution in [2.24, 2.45) is 0 Å². The first-order chi connectivity index (χ1) is 13.0. The highest BCUT2D eigenvalue weighted by Gasteiger charge is 2.18. The van der Waals surface area contributed by atoms with E-state index in [0.717, 1.165) is 6.07 Å². The maximum absolute atomic E-state index is 14.5. The maximum atomic E-state index is 14.5. The molecule has 0 unspecified atom stereocenters. The van der Waals surface area contributed by atoms with Crippen molar-refractivity contribution in [3.05, 3.63) is 53.2 Å². The molecule has 0 radical (unpaired) electrons. The lowest BCUT2D eigenvalue weighted by atomic mass is 10.1. The van der Waals surface area contributed by atoms with Gasteiger partial charge in [0, 0.05) is 12.3 Å². The van der Waals surface area contributed by atoms with Crippen molar-refractivity contribution in [2.75, 3.05) is 11.1 Å². The van der Waals surface area contributed by atoms with Gasteiger partial charge in [-0.25, -0.2) is 24.3 Å². The molecular weight excluding hydrogens is 389 g/mol. The minimum atomic E-state index is -0.607. The Labute approximate surface area is 161 Å². The predicted octanol–water partition coefficient (Wildman–Crippen LogP) is 4.14. The van der Waals surface area contributed by atoms with Crippen LogP contribution in [-0.2, 0) is 0 Å². The van der Waals surface area contributed by atoms with E-state index in [2.05, 4.69) is 25.3 Å². The first-order valence-electron chi connectivity index (χ1n) is 7.55. The van der Waals surface area contributed by atoms with Crippen LogP contribution in [0.2, 0.25) is 5.02 Å². The maximum Gasteiger partial charge on any atom is 0.151 e. The molecule has 0 saturated heterocycles. The van der Waals surface area contributed by atoms with Crippen LogP contribution in [0.1, 0.15) is 5.56 Å². The Morgan fingerprint density at radius 3 is 2.81 bits per heavy atom. The second-order valence-corrected chi connectivity index (χ2v) is 6.81. The second-order valence-electron chi connectivity index (χ2n) is 5.41. The lowest BCUT2D eigenvalue weighted by Crippen LogP contribution is -1.98. The second kappa shape index (κ2) is 6.75. The van der Waals surface area contributed by atoms with Crippen molar-refractivity contribution in [2.45, 2.75) is 0 Å². The van der Waals surface area contributed by atoms with Gasteiger partial charge in [-0.15, -0.1) is 11.3 Å². The summed E-state index contributed by atoms with van der Waals surface area (Å²) in [7, 11) is 0. The standard InChI is InChI=1S/C17H9ClFN7S/c18-9-3-8(6-20)4-10(19)14(9)17-25-11-1-2-22-16(15(11)27-17)26-13-5-12(21)23-7-24-13/h1-5,7H,(H3,21,22,23,24,26). The number of anilines is 3. The van der Waals surface area contributed by atoms with Crippen molar-refractivity contribution in [1.82, 2.24) is 19.9 Å². The number of benzene rings is 1. The molecule has 0 saturated carbocycles. The van der Waals surface area contributed by atoms with E-state index in [4.69, 9.17) is 22.6 Å². The van der Waals surface area contributed by atoms with Gasteiger partial charge in [0.15, 0.2) is 5.82 Å². The van der Waals surface area contributed by atoms with Gasteiger partial charge in [-0.3, -0.25) is 0 Å². The summed E-state index contributed by atoms with van der Waals surface area (Å²) in [6.07, 6.45) is 2.91. The number of fused-ring (bicyclic) bond motifs is 1. The highest BCUT2D eigenvalue weighted by Crippen LogP contribution is 2.39. The van der Waals surface area contributed by atoms with Gasteiger partial charge in [0.25, 0.3) is 0 Å². The molecule has 4 aromatic rings. The van der Waals surface area contributed by atoms with Crippen molar-refractivity contribution < 1.29 is 4.39 Å². The number of rotatable bonds is 3. The molecule has 3 heterocycles. The van der Waals surface area contributed by atoms with Crippen LogP contribution in [0.3, 0.4) is 0 Å². The molecule has 0 amide bonds. The smallest absolute Gasteiger partial charge is 0.151 e. The molecule has 0 aliphatic heterocycles. The molecule has 0 spiro atoms. The molecule has 10 heteroatoms. The number of nitriles is 1. The first-order valence-corrected chi connectivity index (χ1v) is 8.74. The van der Waals surface area contributed by atoms with Crippen LogP contribution >= 0.6 is 22.9 Å². The van der Waals surface area contributed by atoms with Crippen molar-refractivity contribution in [3.8, 4) is 16.6 Å². The van der Waals surface area contributed by atoms with Crippen LogP contribution in [0.25, 0.3) is 20.8 Å². The molecule has 1 aromatic carbocycles. The zero-order valence-electron chi connectivity index (χ0n) is 13.4. The van der Waals surface area contributed by atoms with Gasteiger partial charge in [-0.1, -0.05) is 11.6 Å². The Bertz CT molecular complexity index is 1190. The van der Waals surface area contributed by atoms with Crippen LogP contribution in [0.15, 0.2) is 36.8 Å². The van der Waals surface area contributed by atoms with E-state index in [1.807, 2.05) is 6.07 Å². The number of nitrogens with zero attached hydrogens (tertiary/aromatic N) is 5. The summed E-state index contributed by atoms with van der Waals surface area (Å²) in [6, 6.07) is 7.70. The average molecular weight is 398 g/mol. The number of thiazole rings is 1. The zero-order chi connectivity index (χ0) is 19.0. The summed E-state index contributed by atoms with van der Waals surface area (Å²) in [4.78, 5) is 16.7.